The SMILES string of the molecule is Cc1nn(-c2ccccc2)c(Cl)c1/C=N/NC(=O)COc1ccc(Cl)cc1Cl. The van der Waals surface area contributed by atoms with Gasteiger partial charge in [0, 0.05) is 5.02 Å². The smallest absolute Gasteiger partial charge is 0.277 e. The topological polar surface area (TPSA) is 68.5 Å². The highest BCUT2D eigenvalue weighted by atomic mass is 35.5. The normalized spacial score (nSPS) is 11.0. The molecule has 3 aromatic rings. The van der Waals surface area contributed by atoms with Gasteiger partial charge in [-0.05, 0) is 37.3 Å². The summed E-state index contributed by atoms with van der Waals surface area (Å²) < 4.78 is 6.95. The zero-order chi connectivity index (χ0) is 20.1. The molecule has 0 atom stereocenters. The van der Waals surface area contributed by atoms with E-state index in [9.17, 15) is 4.79 Å². The molecule has 0 radical (unpaired) electrons. The molecule has 0 bridgehead atoms. The minimum Gasteiger partial charge on any atom is -0.482 e. The van der Waals surface area contributed by atoms with Crippen molar-refractivity contribution in [2.75, 3.05) is 6.61 Å². The lowest BCUT2D eigenvalue weighted by molar-refractivity contribution is -0.123. The molecular formula is C19H15Cl3N4O2. The third-order valence-electron chi connectivity index (χ3n) is 3.68. The van der Waals surface area contributed by atoms with Crippen molar-refractivity contribution in [2.24, 2.45) is 5.10 Å². The maximum absolute atomic E-state index is 11.9. The van der Waals surface area contributed by atoms with Crippen LogP contribution < -0.4 is 10.2 Å². The molecular weight excluding hydrogens is 423 g/mol. The maximum atomic E-state index is 11.9. The molecule has 6 nitrogen and oxygen atoms in total. The summed E-state index contributed by atoms with van der Waals surface area (Å²) in [6.45, 7) is 1.55. The molecule has 1 amide bonds. The Labute approximate surface area is 176 Å². The van der Waals surface area contributed by atoms with Gasteiger partial charge in [-0.2, -0.15) is 10.2 Å². The Morgan fingerprint density at radius 2 is 1.96 bits per heavy atom. The average molecular weight is 438 g/mol. The number of hydrazone groups is 1. The molecule has 1 aromatic heterocycles. The number of aromatic nitrogens is 2. The quantitative estimate of drug-likeness (QED) is 0.450. The van der Waals surface area contributed by atoms with E-state index in [-0.39, 0.29) is 6.61 Å². The predicted molar refractivity (Wildman–Crippen MR) is 111 cm³/mol. The molecule has 0 spiro atoms. The van der Waals surface area contributed by atoms with E-state index in [1.807, 2.05) is 30.3 Å². The van der Waals surface area contributed by atoms with Crippen molar-refractivity contribution >= 4 is 46.9 Å². The number of hydrogen-bond donors (Lipinski definition) is 1. The summed E-state index contributed by atoms with van der Waals surface area (Å²) in [6, 6.07) is 14.2. The first-order chi connectivity index (χ1) is 13.5. The van der Waals surface area contributed by atoms with Crippen molar-refractivity contribution in [2.45, 2.75) is 6.92 Å². The van der Waals surface area contributed by atoms with Gasteiger partial charge in [0.25, 0.3) is 5.91 Å². The van der Waals surface area contributed by atoms with E-state index in [4.69, 9.17) is 39.5 Å². The summed E-state index contributed by atoms with van der Waals surface area (Å²) in [5, 5.41) is 9.52. The van der Waals surface area contributed by atoms with Crippen molar-refractivity contribution in [1.82, 2.24) is 15.2 Å². The molecule has 0 aliphatic heterocycles. The summed E-state index contributed by atoms with van der Waals surface area (Å²) in [5.41, 5.74) is 4.48. The molecule has 2 aromatic carbocycles. The summed E-state index contributed by atoms with van der Waals surface area (Å²) in [5.74, 6) is -0.0975. The van der Waals surface area contributed by atoms with E-state index in [0.717, 1.165) is 5.69 Å². The first kappa shape index (κ1) is 20.2. The minimum absolute atomic E-state index is 0.255. The molecule has 0 fully saturated rings. The molecule has 1 N–H and O–H groups in total. The number of hydrogen-bond acceptors (Lipinski definition) is 4. The lowest BCUT2D eigenvalue weighted by Gasteiger charge is -2.07. The Balaban J connectivity index is 1.61. The van der Waals surface area contributed by atoms with Crippen molar-refractivity contribution < 1.29 is 9.53 Å². The zero-order valence-corrected chi connectivity index (χ0v) is 17.0. The lowest BCUT2D eigenvalue weighted by Crippen LogP contribution is -2.24. The molecule has 0 saturated carbocycles. The molecule has 0 aliphatic rings. The van der Waals surface area contributed by atoms with Crippen LogP contribution in [0.25, 0.3) is 5.69 Å². The average Bonchev–Trinajstić information content (AvgIpc) is 2.96. The second-order valence-corrected chi connectivity index (χ2v) is 6.90. The molecule has 28 heavy (non-hydrogen) atoms. The number of nitrogens with one attached hydrogen (secondary N) is 1. The second kappa shape index (κ2) is 9.10. The second-order valence-electron chi connectivity index (χ2n) is 5.69. The van der Waals surface area contributed by atoms with Gasteiger partial charge in [0.2, 0.25) is 0 Å². The largest absolute Gasteiger partial charge is 0.482 e. The summed E-state index contributed by atoms with van der Waals surface area (Å²) >= 11 is 18.2. The highest BCUT2D eigenvalue weighted by Gasteiger charge is 2.13. The Morgan fingerprint density at radius 3 is 2.68 bits per heavy atom. The van der Waals surface area contributed by atoms with Gasteiger partial charge in [-0.1, -0.05) is 53.0 Å². The fourth-order valence-electron chi connectivity index (χ4n) is 2.33. The van der Waals surface area contributed by atoms with E-state index in [1.54, 1.807) is 23.7 Å². The number of halogens is 3. The van der Waals surface area contributed by atoms with Crippen LogP contribution in [-0.4, -0.2) is 28.5 Å². The number of carbonyl (C=O) groups excluding carboxylic acids is 1. The third-order valence-corrected chi connectivity index (χ3v) is 4.58. The van der Waals surface area contributed by atoms with Crippen molar-refractivity contribution in [3.05, 3.63) is 75.0 Å². The van der Waals surface area contributed by atoms with Crippen LogP contribution in [0.3, 0.4) is 0 Å². The van der Waals surface area contributed by atoms with Gasteiger partial charge in [0.05, 0.1) is 28.2 Å². The summed E-state index contributed by atoms with van der Waals surface area (Å²) in [6.07, 6.45) is 1.44. The van der Waals surface area contributed by atoms with Crippen LogP contribution in [0.5, 0.6) is 5.75 Å². The highest BCUT2D eigenvalue weighted by Crippen LogP contribution is 2.27. The number of benzene rings is 2. The summed E-state index contributed by atoms with van der Waals surface area (Å²) in [7, 11) is 0. The van der Waals surface area contributed by atoms with E-state index < -0.39 is 5.91 Å². The molecule has 0 saturated heterocycles. The van der Waals surface area contributed by atoms with Crippen LogP contribution in [0.4, 0.5) is 0 Å². The predicted octanol–water partition coefficient (Wildman–Crippen LogP) is 4.67. The van der Waals surface area contributed by atoms with Crippen LogP contribution in [0.15, 0.2) is 53.6 Å². The third kappa shape index (κ3) is 4.84. The van der Waals surface area contributed by atoms with Crippen molar-refractivity contribution in [3.63, 3.8) is 0 Å². The van der Waals surface area contributed by atoms with Gasteiger partial charge in [-0.25, -0.2) is 10.1 Å². The Kier molecular flexibility index (Phi) is 6.57. The fourth-order valence-corrected chi connectivity index (χ4v) is 3.12. The van der Waals surface area contributed by atoms with E-state index >= 15 is 0 Å². The Hall–Kier alpha value is -2.54. The number of amides is 1. The fraction of sp³-hybridized carbons (Fsp3) is 0.105. The number of carbonyl (C=O) groups is 1. The number of ether oxygens (including phenoxy) is 1. The highest BCUT2D eigenvalue weighted by molar-refractivity contribution is 6.35. The van der Waals surface area contributed by atoms with E-state index in [2.05, 4.69) is 15.6 Å². The number of para-hydroxylation sites is 1. The van der Waals surface area contributed by atoms with Crippen LogP contribution >= 0.6 is 34.8 Å². The molecule has 9 heteroatoms. The van der Waals surface area contributed by atoms with E-state index in [1.165, 1.54) is 12.3 Å². The number of aryl methyl sites for hydroxylation is 1. The van der Waals surface area contributed by atoms with Crippen LogP contribution in [0.1, 0.15) is 11.3 Å². The van der Waals surface area contributed by atoms with Crippen LogP contribution in [0.2, 0.25) is 15.2 Å². The minimum atomic E-state index is -0.452. The van der Waals surface area contributed by atoms with Gasteiger partial charge >= 0.3 is 0 Å². The Bertz CT molecular complexity index is 1020. The van der Waals surface area contributed by atoms with Gasteiger partial charge < -0.3 is 4.74 Å². The molecule has 3 rings (SSSR count). The van der Waals surface area contributed by atoms with Crippen LogP contribution in [-0.2, 0) is 4.79 Å². The molecule has 0 unspecified atom stereocenters. The van der Waals surface area contributed by atoms with Gasteiger partial charge in [0.1, 0.15) is 10.9 Å². The van der Waals surface area contributed by atoms with Crippen molar-refractivity contribution in [1.29, 1.82) is 0 Å². The number of nitrogens with zero attached hydrogens (tertiary/aromatic N) is 3. The van der Waals surface area contributed by atoms with Gasteiger partial charge in [-0.15, -0.1) is 0 Å². The van der Waals surface area contributed by atoms with Gasteiger partial charge in [0.15, 0.2) is 6.61 Å². The first-order valence-corrected chi connectivity index (χ1v) is 9.29. The van der Waals surface area contributed by atoms with Gasteiger partial charge in [-0.3, -0.25) is 4.79 Å². The van der Waals surface area contributed by atoms with Crippen LogP contribution in [0, 0.1) is 6.92 Å². The standard InChI is InChI=1S/C19H15Cl3N4O2/c1-12-15(19(22)26(25-12)14-5-3-2-4-6-14)10-23-24-18(27)11-28-17-8-7-13(20)9-16(17)21/h2-10H,11H2,1H3,(H,24,27)/b23-10+. The Morgan fingerprint density at radius 1 is 1.21 bits per heavy atom. The number of rotatable bonds is 6. The monoisotopic (exact) mass is 436 g/mol. The van der Waals surface area contributed by atoms with E-state index in [0.29, 0.717) is 32.2 Å². The zero-order valence-electron chi connectivity index (χ0n) is 14.7. The maximum Gasteiger partial charge on any atom is 0.277 e. The first-order valence-electron chi connectivity index (χ1n) is 8.16. The molecule has 1 heterocycles. The summed E-state index contributed by atoms with van der Waals surface area (Å²) in [4.78, 5) is 11.9. The molecule has 0 aliphatic carbocycles. The molecule has 144 valence electrons. The lowest BCUT2D eigenvalue weighted by atomic mass is 10.3. The van der Waals surface area contributed by atoms with Crippen molar-refractivity contribution in [3.8, 4) is 11.4 Å².